The van der Waals surface area contributed by atoms with E-state index in [1.165, 1.54) is 12.1 Å². The number of nitrogens with zero attached hydrogens (tertiary/aromatic N) is 1. The number of benzene rings is 2. The highest BCUT2D eigenvalue weighted by molar-refractivity contribution is 6.32. The molecule has 24 heavy (non-hydrogen) atoms. The Balaban J connectivity index is 2.06. The first-order valence-electron chi connectivity index (χ1n) is 7.34. The molecule has 0 saturated heterocycles. The van der Waals surface area contributed by atoms with Crippen LogP contribution in [-0.2, 0) is 6.54 Å². The van der Waals surface area contributed by atoms with Gasteiger partial charge in [-0.05, 0) is 43.7 Å². The van der Waals surface area contributed by atoms with Crippen molar-refractivity contribution >= 4 is 23.2 Å². The van der Waals surface area contributed by atoms with Gasteiger partial charge in [-0.25, -0.2) is 0 Å². The molecule has 1 N–H and O–H groups in total. The SMILES string of the molecule is CC(C)Oc1cccc(CNC(=O)c2ccc(Cl)c([N+](=O)[O-])c2)c1. The van der Waals surface area contributed by atoms with Crippen LogP contribution < -0.4 is 10.1 Å². The fourth-order valence-corrected chi connectivity index (χ4v) is 2.27. The van der Waals surface area contributed by atoms with Gasteiger partial charge in [-0.2, -0.15) is 0 Å². The fraction of sp³-hybridized carbons (Fsp3) is 0.235. The number of carbonyl (C=O) groups is 1. The van der Waals surface area contributed by atoms with E-state index in [9.17, 15) is 14.9 Å². The highest BCUT2D eigenvalue weighted by Crippen LogP contribution is 2.25. The van der Waals surface area contributed by atoms with E-state index in [2.05, 4.69) is 5.32 Å². The van der Waals surface area contributed by atoms with E-state index in [4.69, 9.17) is 16.3 Å². The van der Waals surface area contributed by atoms with Crippen molar-refractivity contribution in [3.8, 4) is 5.75 Å². The molecule has 0 aliphatic carbocycles. The number of hydrogen-bond acceptors (Lipinski definition) is 4. The third-order valence-corrected chi connectivity index (χ3v) is 3.45. The summed E-state index contributed by atoms with van der Waals surface area (Å²) in [5.41, 5.74) is 0.752. The van der Waals surface area contributed by atoms with E-state index >= 15 is 0 Å². The van der Waals surface area contributed by atoms with Crippen LogP contribution >= 0.6 is 11.6 Å². The lowest BCUT2D eigenvalue weighted by atomic mass is 10.1. The topological polar surface area (TPSA) is 81.5 Å². The minimum absolute atomic E-state index is 0.00455. The molecule has 1 amide bonds. The average molecular weight is 349 g/mol. The number of amides is 1. The molecule has 7 heteroatoms. The van der Waals surface area contributed by atoms with E-state index in [-0.39, 0.29) is 28.9 Å². The van der Waals surface area contributed by atoms with E-state index in [1.807, 2.05) is 38.1 Å². The Labute approximate surface area is 144 Å². The summed E-state index contributed by atoms with van der Waals surface area (Å²) in [4.78, 5) is 22.4. The largest absolute Gasteiger partial charge is 0.491 e. The maximum Gasteiger partial charge on any atom is 0.288 e. The van der Waals surface area contributed by atoms with Crippen molar-refractivity contribution in [2.75, 3.05) is 0 Å². The van der Waals surface area contributed by atoms with Crippen LogP contribution in [0.4, 0.5) is 5.69 Å². The quantitative estimate of drug-likeness (QED) is 0.632. The van der Waals surface area contributed by atoms with E-state index in [1.54, 1.807) is 0 Å². The predicted molar refractivity (Wildman–Crippen MR) is 91.5 cm³/mol. The molecule has 2 aromatic rings. The van der Waals surface area contributed by atoms with E-state index in [0.29, 0.717) is 0 Å². The summed E-state index contributed by atoms with van der Waals surface area (Å²) in [5.74, 6) is 0.309. The number of halogens is 1. The molecule has 0 bridgehead atoms. The first-order valence-corrected chi connectivity index (χ1v) is 7.72. The summed E-state index contributed by atoms with van der Waals surface area (Å²) in [6.07, 6.45) is 0.0597. The summed E-state index contributed by atoms with van der Waals surface area (Å²) in [6.45, 7) is 4.15. The summed E-state index contributed by atoms with van der Waals surface area (Å²) < 4.78 is 5.60. The molecule has 0 aromatic heterocycles. The van der Waals surface area contributed by atoms with E-state index in [0.717, 1.165) is 17.4 Å². The number of rotatable bonds is 6. The van der Waals surface area contributed by atoms with Gasteiger partial charge in [0.25, 0.3) is 11.6 Å². The molecule has 0 radical (unpaired) electrons. The van der Waals surface area contributed by atoms with Crippen molar-refractivity contribution in [1.29, 1.82) is 0 Å². The van der Waals surface area contributed by atoms with Crippen molar-refractivity contribution in [1.82, 2.24) is 5.32 Å². The molecule has 0 fully saturated rings. The molecule has 0 spiro atoms. The van der Waals surface area contributed by atoms with Crippen molar-refractivity contribution in [2.24, 2.45) is 0 Å². The average Bonchev–Trinajstić information content (AvgIpc) is 2.52. The van der Waals surface area contributed by atoms with Gasteiger partial charge in [0.05, 0.1) is 11.0 Å². The van der Waals surface area contributed by atoms with Crippen LogP contribution in [0.3, 0.4) is 0 Å². The molecule has 0 saturated carbocycles. The monoisotopic (exact) mass is 348 g/mol. The number of carbonyl (C=O) groups excluding carboxylic acids is 1. The second-order valence-electron chi connectivity index (χ2n) is 5.42. The normalized spacial score (nSPS) is 10.5. The zero-order chi connectivity index (χ0) is 17.7. The fourth-order valence-electron chi connectivity index (χ4n) is 2.08. The number of nitro benzene ring substituents is 1. The molecular weight excluding hydrogens is 332 g/mol. The second kappa shape index (κ2) is 7.79. The predicted octanol–water partition coefficient (Wildman–Crippen LogP) is 3.97. The molecular formula is C17H17ClN2O4. The van der Waals surface area contributed by atoms with Gasteiger partial charge in [0, 0.05) is 18.2 Å². The molecule has 0 aliphatic rings. The Kier molecular flexibility index (Phi) is 5.76. The number of ether oxygens (including phenoxy) is 1. The van der Waals surface area contributed by atoms with Gasteiger partial charge >= 0.3 is 0 Å². The minimum atomic E-state index is -0.619. The molecule has 126 valence electrons. The Morgan fingerprint density at radius 1 is 1.29 bits per heavy atom. The van der Waals surface area contributed by atoms with Crippen LogP contribution in [0.25, 0.3) is 0 Å². The minimum Gasteiger partial charge on any atom is -0.491 e. The standard InChI is InChI=1S/C17H17ClN2O4/c1-11(2)24-14-5-3-4-12(8-14)10-19-17(21)13-6-7-15(18)16(9-13)20(22)23/h3-9,11H,10H2,1-2H3,(H,19,21). The van der Waals surface area contributed by atoms with E-state index < -0.39 is 10.8 Å². The Morgan fingerprint density at radius 3 is 2.71 bits per heavy atom. The summed E-state index contributed by atoms with van der Waals surface area (Å²) in [6, 6.07) is 11.3. The van der Waals surface area contributed by atoms with Crippen molar-refractivity contribution in [2.45, 2.75) is 26.5 Å². The molecule has 0 unspecified atom stereocenters. The molecule has 0 heterocycles. The number of hydrogen-bond donors (Lipinski definition) is 1. The van der Waals surface area contributed by atoms with Crippen LogP contribution in [-0.4, -0.2) is 16.9 Å². The Hall–Kier alpha value is -2.60. The van der Waals surface area contributed by atoms with Crippen molar-refractivity contribution < 1.29 is 14.5 Å². The van der Waals surface area contributed by atoms with Crippen molar-refractivity contribution in [3.05, 3.63) is 68.7 Å². The third kappa shape index (κ3) is 4.70. The van der Waals surface area contributed by atoms with Gasteiger partial charge in [-0.15, -0.1) is 0 Å². The zero-order valence-electron chi connectivity index (χ0n) is 13.3. The first-order chi connectivity index (χ1) is 11.4. The molecule has 2 rings (SSSR count). The lowest BCUT2D eigenvalue weighted by Crippen LogP contribution is -2.22. The summed E-state index contributed by atoms with van der Waals surface area (Å²) >= 11 is 5.74. The second-order valence-corrected chi connectivity index (χ2v) is 5.83. The van der Waals surface area contributed by atoms with Gasteiger partial charge in [0.15, 0.2) is 0 Å². The summed E-state index contributed by atoms with van der Waals surface area (Å²) in [7, 11) is 0. The van der Waals surface area contributed by atoms with Gasteiger partial charge < -0.3 is 10.1 Å². The number of nitro groups is 1. The lowest BCUT2D eigenvalue weighted by Gasteiger charge is -2.11. The van der Waals surface area contributed by atoms with Crippen molar-refractivity contribution in [3.63, 3.8) is 0 Å². The Bertz CT molecular complexity index is 762. The number of nitrogens with one attached hydrogen (secondary N) is 1. The summed E-state index contributed by atoms with van der Waals surface area (Å²) in [5, 5.41) is 13.6. The molecule has 2 aromatic carbocycles. The smallest absolute Gasteiger partial charge is 0.288 e. The van der Waals surface area contributed by atoms with Gasteiger partial charge in [0.2, 0.25) is 0 Å². The van der Waals surface area contributed by atoms with Crippen LogP contribution in [0.5, 0.6) is 5.75 Å². The zero-order valence-corrected chi connectivity index (χ0v) is 14.0. The van der Waals surface area contributed by atoms with Crippen LogP contribution in [0.2, 0.25) is 5.02 Å². The first kappa shape index (κ1) is 17.7. The van der Waals surface area contributed by atoms with Crippen LogP contribution in [0.1, 0.15) is 29.8 Å². The third-order valence-electron chi connectivity index (χ3n) is 3.13. The maximum atomic E-state index is 12.2. The Morgan fingerprint density at radius 2 is 2.04 bits per heavy atom. The van der Waals surface area contributed by atoms with Crippen LogP contribution in [0.15, 0.2) is 42.5 Å². The maximum absolute atomic E-state index is 12.2. The highest BCUT2D eigenvalue weighted by atomic mass is 35.5. The molecule has 0 atom stereocenters. The molecule has 0 aliphatic heterocycles. The van der Waals surface area contributed by atoms with Gasteiger partial charge in [-0.1, -0.05) is 23.7 Å². The lowest BCUT2D eigenvalue weighted by molar-refractivity contribution is -0.384. The van der Waals surface area contributed by atoms with Crippen LogP contribution in [0, 0.1) is 10.1 Å². The van der Waals surface area contributed by atoms with Gasteiger partial charge in [-0.3, -0.25) is 14.9 Å². The highest BCUT2D eigenvalue weighted by Gasteiger charge is 2.16. The molecule has 6 nitrogen and oxygen atoms in total. The van der Waals surface area contributed by atoms with Gasteiger partial charge in [0.1, 0.15) is 10.8 Å².